The van der Waals surface area contributed by atoms with Crippen molar-refractivity contribution in [2.45, 2.75) is 27.3 Å². The summed E-state index contributed by atoms with van der Waals surface area (Å²) in [6.45, 7) is 5.43. The number of amides is 1. The van der Waals surface area contributed by atoms with Crippen molar-refractivity contribution in [3.63, 3.8) is 0 Å². The number of benzene rings is 1. The molecule has 162 valence electrons. The standard InChI is InChI=1S/C24H26N2O5/c1-15-8-10-18(11-9-15)23(28)26(13-19-7-6-12-31-19)14-20(27)21-16(2)22(24(29)30-5)25(4)17(21)3/h6-12H,13-14H2,1-5H3. The van der Waals surface area contributed by atoms with Crippen molar-refractivity contribution < 1.29 is 23.5 Å². The zero-order chi connectivity index (χ0) is 22.7. The van der Waals surface area contributed by atoms with Gasteiger partial charge in [-0.2, -0.15) is 0 Å². The summed E-state index contributed by atoms with van der Waals surface area (Å²) in [7, 11) is 3.01. The summed E-state index contributed by atoms with van der Waals surface area (Å²) >= 11 is 0. The molecule has 0 N–H and O–H groups in total. The van der Waals surface area contributed by atoms with Crippen molar-refractivity contribution in [3.8, 4) is 0 Å². The van der Waals surface area contributed by atoms with Crippen LogP contribution in [0.15, 0.2) is 47.1 Å². The second-order valence-corrected chi connectivity index (χ2v) is 7.51. The fraction of sp³-hybridized carbons (Fsp3) is 0.292. The Balaban J connectivity index is 1.94. The Labute approximate surface area is 181 Å². The number of carbonyl (C=O) groups excluding carboxylic acids is 3. The normalized spacial score (nSPS) is 10.7. The van der Waals surface area contributed by atoms with Crippen molar-refractivity contribution in [2.75, 3.05) is 13.7 Å². The fourth-order valence-electron chi connectivity index (χ4n) is 3.70. The highest BCUT2D eigenvalue weighted by Gasteiger charge is 2.28. The predicted molar refractivity (Wildman–Crippen MR) is 115 cm³/mol. The molecule has 1 amide bonds. The largest absolute Gasteiger partial charge is 0.467 e. The van der Waals surface area contributed by atoms with E-state index in [1.807, 2.05) is 19.1 Å². The highest BCUT2D eigenvalue weighted by Crippen LogP contribution is 2.23. The Morgan fingerprint density at radius 2 is 1.74 bits per heavy atom. The average molecular weight is 422 g/mol. The molecule has 0 radical (unpaired) electrons. The van der Waals surface area contributed by atoms with Crippen molar-refractivity contribution in [1.82, 2.24) is 9.47 Å². The van der Waals surface area contributed by atoms with Crippen LogP contribution in [-0.4, -0.2) is 40.8 Å². The molecule has 0 saturated heterocycles. The van der Waals surface area contributed by atoms with E-state index >= 15 is 0 Å². The zero-order valence-corrected chi connectivity index (χ0v) is 18.4. The molecule has 7 nitrogen and oxygen atoms in total. The molecule has 0 bridgehead atoms. The highest BCUT2D eigenvalue weighted by molar-refractivity contribution is 6.06. The molecular formula is C24H26N2O5. The van der Waals surface area contributed by atoms with Gasteiger partial charge in [0.1, 0.15) is 11.5 Å². The Morgan fingerprint density at radius 1 is 1.06 bits per heavy atom. The van der Waals surface area contributed by atoms with Gasteiger partial charge < -0.3 is 18.6 Å². The lowest BCUT2D eigenvalue weighted by Crippen LogP contribution is -2.35. The number of hydrogen-bond donors (Lipinski definition) is 0. The maximum absolute atomic E-state index is 13.3. The van der Waals surface area contributed by atoms with E-state index in [1.165, 1.54) is 18.3 Å². The Kier molecular flexibility index (Phi) is 6.44. The lowest BCUT2D eigenvalue weighted by molar-refractivity contribution is 0.0588. The molecule has 31 heavy (non-hydrogen) atoms. The minimum atomic E-state index is -0.509. The van der Waals surface area contributed by atoms with Gasteiger partial charge in [0.2, 0.25) is 0 Å². The molecule has 0 unspecified atom stereocenters. The molecular weight excluding hydrogens is 396 g/mol. The number of ether oxygens (including phenoxy) is 1. The summed E-state index contributed by atoms with van der Waals surface area (Å²) in [5.41, 5.74) is 3.45. The summed E-state index contributed by atoms with van der Waals surface area (Å²) in [5.74, 6) is -0.465. The molecule has 0 aliphatic heterocycles. The molecule has 2 heterocycles. The van der Waals surface area contributed by atoms with Crippen LogP contribution < -0.4 is 0 Å². The summed E-state index contributed by atoms with van der Waals surface area (Å²) in [6.07, 6.45) is 1.53. The first-order valence-electron chi connectivity index (χ1n) is 9.90. The van der Waals surface area contributed by atoms with Crippen LogP contribution in [0.3, 0.4) is 0 Å². The molecule has 0 aliphatic carbocycles. The van der Waals surface area contributed by atoms with Gasteiger partial charge in [0, 0.05) is 23.9 Å². The lowest BCUT2D eigenvalue weighted by atomic mass is 10.0. The van der Waals surface area contributed by atoms with Gasteiger partial charge in [0.05, 0.1) is 26.5 Å². The molecule has 3 aromatic rings. The fourth-order valence-corrected chi connectivity index (χ4v) is 3.70. The van der Waals surface area contributed by atoms with Gasteiger partial charge in [-0.3, -0.25) is 9.59 Å². The van der Waals surface area contributed by atoms with Crippen LogP contribution in [0.1, 0.15) is 53.8 Å². The molecule has 0 fully saturated rings. The van der Waals surface area contributed by atoms with Crippen LogP contribution in [0, 0.1) is 20.8 Å². The number of methoxy groups -OCH3 is 1. The summed E-state index contributed by atoms with van der Waals surface area (Å²) in [5, 5.41) is 0. The van der Waals surface area contributed by atoms with E-state index in [4.69, 9.17) is 9.15 Å². The quantitative estimate of drug-likeness (QED) is 0.427. The minimum Gasteiger partial charge on any atom is -0.467 e. The number of ketones is 1. The first-order valence-corrected chi connectivity index (χ1v) is 9.90. The van der Waals surface area contributed by atoms with Crippen LogP contribution in [0.4, 0.5) is 0 Å². The number of esters is 1. The summed E-state index contributed by atoms with van der Waals surface area (Å²) in [4.78, 5) is 40.1. The smallest absolute Gasteiger partial charge is 0.354 e. The maximum Gasteiger partial charge on any atom is 0.354 e. The first kappa shape index (κ1) is 22.1. The topological polar surface area (TPSA) is 81.8 Å². The van der Waals surface area contributed by atoms with Gasteiger partial charge in [-0.1, -0.05) is 17.7 Å². The summed E-state index contributed by atoms with van der Waals surface area (Å²) < 4.78 is 11.9. The molecule has 2 aromatic heterocycles. The van der Waals surface area contributed by atoms with Gasteiger partial charge >= 0.3 is 5.97 Å². The number of hydrogen-bond acceptors (Lipinski definition) is 5. The van der Waals surface area contributed by atoms with E-state index in [-0.39, 0.29) is 24.8 Å². The van der Waals surface area contributed by atoms with Crippen molar-refractivity contribution in [2.24, 2.45) is 7.05 Å². The van der Waals surface area contributed by atoms with Crippen LogP contribution in [-0.2, 0) is 18.3 Å². The van der Waals surface area contributed by atoms with E-state index in [2.05, 4.69) is 0 Å². The molecule has 1 aromatic carbocycles. The van der Waals surface area contributed by atoms with Crippen molar-refractivity contribution in [1.29, 1.82) is 0 Å². The van der Waals surface area contributed by atoms with Crippen LogP contribution in [0.25, 0.3) is 0 Å². The number of rotatable bonds is 7. The lowest BCUT2D eigenvalue weighted by Gasteiger charge is -2.21. The van der Waals surface area contributed by atoms with E-state index in [0.29, 0.717) is 33.8 Å². The van der Waals surface area contributed by atoms with E-state index in [1.54, 1.807) is 49.7 Å². The molecule has 7 heteroatoms. The third-order valence-electron chi connectivity index (χ3n) is 5.44. The highest BCUT2D eigenvalue weighted by atomic mass is 16.5. The van der Waals surface area contributed by atoms with Gasteiger partial charge in [-0.15, -0.1) is 0 Å². The van der Waals surface area contributed by atoms with Gasteiger partial charge in [-0.25, -0.2) is 4.79 Å². The monoisotopic (exact) mass is 422 g/mol. The summed E-state index contributed by atoms with van der Waals surface area (Å²) in [6, 6.07) is 10.7. The van der Waals surface area contributed by atoms with Gasteiger partial charge in [0.25, 0.3) is 5.91 Å². The van der Waals surface area contributed by atoms with Gasteiger partial charge in [0.15, 0.2) is 5.78 Å². The third-order valence-corrected chi connectivity index (χ3v) is 5.44. The second-order valence-electron chi connectivity index (χ2n) is 7.51. The van der Waals surface area contributed by atoms with E-state index in [0.717, 1.165) is 5.56 Å². The van der Waals surface area contributed by atoms with Crippen LogP contribution >= 0.6 is 0 Å². The zero-order valence-electron chi connectivity index (χ0n) is 18.4. The Hall–Kier alpha value is -3.61. The maximum atomic E-state index is 13.3. The molecule has 0 atom stereocenters. The van der Waals surface area contributed by atoms with Gasteiger partial charge in [-0.05, 0) is 50.6 Å². The molecule has 3 rings (SSSR count). The SMILES string of the molecule is COC(=O)c1c(C)c(C(=O)CN(Cc2ccco2)C(=O)c2ccc(C)cc2)c(C)n1C. The Morgan fingerprint density at radius 3 is 2.32 bits per heavy atom. The number of aromatic nitrogens is 1. The van der Waals surface area contributed by atoms with Crippen LogP contribution in [0.5, 0.6) is 0 Å². The van der Waals surface area contributed by atoms with E-state index in [9.17, 15) is 14.4 Å². The third kappa shape index (κ3) is 4.45. The Bertz CT molecular complexity index is 1110. The second kappa shape index (κ2) is 9.04. The van der Waals surface area contributed by atoms with Crippen LogP contribution in [0.2, 0.25) is 0 Å². The van der Waals surface area contributed by atoms with E-state index < -0.39 is 5.97 Å². The number of carbonyl (C=O) groups is 3. The number of Topliss-reactive ketones (excluding diaryl/α,β-unsaturated/α-hetero) is 1. The molecule has 0 spiro atoms. The number of furan rings is 1. The minimum absolute atomic E-state index is 0.153. The first-order chi connectivity index (χ1) is 14.7. The predicted octanol–water partition coefficient (Wildman–Crippen LogP) is 3.86. The molecule has 0 saturated carbocycles. The van der Waals surface area contributed by atoms with Crippen molar-refractivity contribution >= 4 is 17.7 Å². The number of aryl methyl sites for hydroxylation is 1. The average Bonchev–Trinajstić information content (AvgIpc) is 3.33. The number of nitrogens with zero attached hydrogens (tertiary/aromatic N) is 2. The molecule has 0 aliphatic rings. The van der Waals surface area contributed by atoms with Crippen molar-refractivity contribution in [3.05, 3.63) is 82.1 Å².